The maximum absolute atomic E-state index is 12.8. The van der Waals surface area contributed by atoms with E-state index < -0.39 is 10.8 Å². The van der Waals surface area contributed by atoms with Crippen LogP contribution in [0.5, 0.6) is 0 Å². The highest BCUT2D eigenvalue weighted by Gasteiger charge is 2.44. The molecule has 1 saturated heterocycles. The summed E-state index contributed by atoms with van der Waals surface area (Å²) in [6.07, 6.45) is 2.20. The van der Waals surface area contributed by atoms with Gasteiger partial charge < -0.3 is 15.0 Å². The molecule has 39 heavy (non-hydrogen) atoms. The molecular formula is C29H37Cl2N3O4S. The second kappa shape index (κ2) is 16.0. The summed E-state index contributed by atoms with van der Waals surface area (Å²) in [4.78, 5) is 24.6. The van der Waals surface area contributed by atoms with Crippen LogP contribution in [-0.4, -0.2) is 57.2 Å². The van der Waals surface area contributed by atoms with Gasteiger partial charge in [0.2, 0.25) is 11.8 Å². The van der Waals surface area contributed by atoms with Gasteiger partial charge >= 0.3 is 0 Å². The van der Waals surface area contributed by atoms with Crippen LogP contribution in [0, 0.1) is 17.2 Å². The zero-order valence-electron chi connectivity index (χ0n) is 22.9. The number of benzene rings is 2. The monoisotopic (exact) mass is 593 g/mol. The van der Waals surface area contributed by atoms with Crippen molar-refractivity contribution in [2.75, 3.05) is 25.5 Å². The molecule has 2 aromatic rings. The molecule has 1 heterocycles. The van der Waals surface area contributed by atoms with Crippen molar-refractivity contribution in [3.05, 3.63) is 70.2 Å². The van der Waals surface area contributed by atoms with E-state index in [0.717, 1.165) is 23.4 Å². The lowest BCUT2D eigenvalue weighted by molar-refractivity contribution is -0.152. The Labute approximate surface area is 244 Å². The number of nitrogens with one attached hydrogen (secondary N) is 1. The highest BCUT2D eigenvalue weighted by atomic mass is 35.5. The van der Waals surface area contributed by atoms with E-state index in [1.807, 2.05) is 80.3 Å². The van der Waals surface area contributed by atoms with Gasteiger partial charge in [0.05, 0.1) is 18.7 Å². The molecule has 4 rings (SSSR count). The number of hydrogen-bond donors (Lipinski definition) is 1. The van der Waals surface area contributed by atoms with E-state index in [0.29, 0.717) is 23.3 Å². The molecule has 212 valence electrons. The largest absolute Gasteiger partial charge is 0.369 e. The summed E-state index contributed by atoms with van der Waals surface area (Å²) in [5.41, 5.74) is 1.02. The number of morpholine rings is 1. The summed E-state index contributed by atoms with van der Waals surface area (Å²) in [6, 6.07) is 18.7. The molecule has 2 aliphatic rings. The number of ether oxygens (including phenoxy) is 1. The van der Waals surface area contributed by atoms with Gasteiger partial charge in [0.15, 0.2) is 0 Å². The fourth-order valence-corrected chi connectivity index (χ4v) is 5.37. The molecule has 2 aromatic carbocycles. The molecule has 0 aromatic heterocycles. The molecule has 1 aliphatic carbocycles. The lowest BCUT2D eigenvalue weighted by Crippen LogP contribution is -2.53. The van der Waals surface area contributed by atoms with Gasteiger partial charge in [0.1, 0.15) is 13.2 Å². The van der Waals surface area contributed by atoms with Crippen LogP contribution in [0.15, 0.2) is 54.6 Å². The highest BCUT2D eigenvalue weighted by molar-refractivity contribution is 7.86. The smallest absolute Gasteiger partial charge is 0.249 e. The Kier molecular flexibility index (Phi) is 13.4. The van der Waals surface area contributed by atoms with E-state index in [-0.39, 0.29) is 41.8 Å². The quantitative estimate of drug-likeness (QED) is 0.442. The number of amides is 2. The number of nitrogens with zero attached hydrogens (tertiary/aromatic N) is 2. The fourth-order valence-electron chi connectivity index (χ4n) is 3.85. The van der Waals surface area contributed by atoms with Crippen molar-refractivity contribution >= 4 is 45.8 Å². The van der Waals surface area contributed by atoms with Crippen molar-refractivity contribution in [2.24, 2.45) is 5.92 Å². The molecule has 1 saturated carbocycles. The zero-order valence-corrected chi connectivity index (χ0v) is 25.2. The molecule has 7 nitrogen and oxygen atoms in total. The Bertz CT molecular complexity index is 1130. The van der Waals surface area contributed by atoms with Crippen LogP contribution in [0.4, 0.5) is 0 Å². The SMILES string of the molecule is CC(=O)NCC#N.CC(C)(C)S(=O)CC(C1CC1)N1C(=O)COCC1c1ccc(Cl)cc1.Clc1ccccc1. The summed E-state index contributed by atoms with van der Waals surface area (Å²) in [5.74, 6) is 0.808. The molecule has 3 unspecified atom stereocenters. The van der Waals surface area contributed by atoms with Gasteiger partial charge in [0, 0.05) is 44.3 Å². The van der Waals surface area contributed by atoms with Crippen molar-refractivity contribution in [3.63, 3.8) is 0 Å². The minimum Gasteiger partial charge on any atom is -0.369 e. The summed E-state index contributed by atoms with van der Waals surface area (Å²) in [7, 11) is -0.995. The van der Waals surface area contributed by atoms with Crippen molar-refractivity contribution in [2.45, 2.75) is 57.4 Å². The molecule has 0 radical (unpaired) electrons. The Morgan fingerprint density at radius 2 is 1.72 bits per heavy atom. The van der Waals surface area contributed by atoms with Crippen LogP contribution in [-0.2, 0) is 25.1 Å². The fraction of sp³-hybridized carbons (Fsp3) is 0.483. The number of rotatable bonds is 6. The van der Waals surface area contributed by atoms with Gasteiger partial charge in [-0.1, -0.05) is 53.5 Å². The van der Waals surface area contributed by atoms with E-state index in [1.165, 1.54) is 6.92 Å². The molecule has 0 bridgehead atoms. The maximum atomic E-state index is 12.8. The average molecular weight is 595 g/mol. The second-order valence-electron chi connectivity index (χ2n) is 10.3. The molecule has 1 aliphatic heterocycles. The number of carbonyl (C=O) groups is 2. The third-order valence-corrected chi connectivity index (χ3v) is 8.57. The summed E-state index contributed by atoms with van der Waals surface area (Å²) < 4.78 is 18.0. The minimum absolute atomic E-state index is 0.00555. The van der Waals surface area contributed by atoms with Crippen LogP contribution in [0.1, 0.15) is 52.1 Å². The number of halogens is 2. The topological polar surface area (TPSA) is 99.5 Å². The number of carbonyl (C=O) groups excluding carboxylic acids is 2. The van der Waals surface area contributed by atoms with E-state index >= 15 is 0 Å². The first-order valence-corrected chi connectivity index (χ1v) is 14.9. The van der Waals surface area contributed by atoms with Gasteiger partial charge in [-0.05, 0) is 69.4 Å². The molecule has 2 fully saturated rings. The predicted molar refractivity (Wildman–Crippen MR) is 157 cm³/mol. The van der Waals surface area contributed by atoms with Gasteiger partial charge in [0.25, 0.3) is 0 Å². The van der Waals surface area contributed by atoms with Crippen molar-refractivity contribution < 1.29 is 18.5 Å². The molecule has 10 heteroatoms. The van der Waals surface area contributed by atoms with E-state index in [2.05, 4.69) is 5.32 Å². The Morgan fingerprint density at radius 1 is 1.13 bits per heavy atom. The Morgan fingerprint density at radius 3 is 2.15 bits per heavy atom. The Balaban J connectivity index is 0.000000311. The first kappa shape index (κ1) is 32.8. The van der Waals surface area contributed by atoms with Gasteiger partial charge in [-0.25, -0.2) is 0 Å². The predicted octanol–water partition coefficient (Wildman–Crippen LogP) is 5.55. The number of nitriles is 1. The molecule has 0 spiro atoms. The van der Waals surface area contributed by atoms with Crippen LogP contribution in [0.25, 0.3) is 0 Å². The maximum Gasteiger partial charge on any atom is 0.249 e. The third kappa shape index (κ3) is 11.7. The Hall–Kier alpha value is -2.44. The molecule has 2 amide bonds. The first-order chi connectivity index (χ1) is 18.4. The van der Waals surface area contributed by atoms with E-state index in [9.17, 15) is 13.8 Å². The van der Waals surface area contributed by atoms with Crippen LogP contribution >= 0.6 is 23.2 Å². The van der Waals surface area contributed by atoms with Crippen LogP contribution in [0.3, 0.4) is 0 Å². The van der Waals surface area contributed by atoms with Gasteiger partial charge in [-0.2, -0.15) is 5.26 Å². The van der Waals surface area contributed by atoms with Crippen molar-refractivity contribution in [1.82, 2.24) is 10.2 Å². The standard InChI is InChI=1S/C19H26ClNO3S.C6H5Cl.C4H6N2O/c1-19(2,3)25(23)12-17(14-4-5-14)21-16(10-24-11-18(21)22)13-6-8-15(20)9-7-13;7-6-4-2-1-3-5-6;1-4(7)6-3-2-5/h6-9,14,16-17H,4-5,10-12H2,1-3H3;1-5H;3H2,1H3,(H,6,7). The van der Waals surface area contributed by atoms with E-state index in [4.69, 9.17) is 33.2 Å². The highest BCUT2D eigenvalue weighted by Crippen LogP contribution is 2.40. The molecule has 3 atom stereocenters. The van der Waals surface area contributed by atoms with Gasteiger partial charge in [-0.3, -0.25) is 13.8 Å². The van der Waals surface area contributed by atoms with Crippen molar-refractivity contribution in [3.8, 4) is 6.07 Å². The number of hydrogen-bond acceptors (Lipinski definition) is 5. The second-order valence-corrected chi connectivity index (χ2v) is 13.4. The zero-order chi connectivity index (χ0) is 29.0. The third-order valence-electron chi connectivity index (χ3n) is 6.06. The molecule has 1 N–H and O–H groups in total. The average Bonchev–Trinajstić information content (AvgIpc) is 3.73. The van der Waals surface area contributed by atoms with E-state index in [1.54, 1.807) is 6.07 Å². The first-order valence-electron chi connectivity index (χ1n) is 12.8. The van der Waals surface area contributed by atoms with Crippen molar-refractivity contribution in [1.29, 1.82) is 5.26 Å². The lowest BCUT2D eigenvalue weighted by Gasteiger charge is -2.42. The summed E-state index contributed by atoms with van der Waals surface area (Å²) in [6.45, 7) is 8.03. The van der Waals surface area contributed by atoms with Gasteiger partial charge in [-0.15, -0.1) is 0 Å². The summed E-state index contributed by atoms with van der Waals surface area (Å²) in [5, 5.41) is 11.6. The summed E-state index contributed by atoms with van der Waals surface area (Å²) >= 11 is 11.5. The lowest BCUT2D eigenvalue weighted by atomic mass is 10.0. The minimum atomic E-state index is -0.995. The molecular weight excluding hydrogens is 557 g/mol. The normalized spacial score (nSPS) is 18.3. The van der Waals surface area contributed by atoms with Crippen LogP contribution < -0.4 is 5.32 Å². The van der Waals surface area contributed by atoms with Crippen LogP contribution in [0.2, 0.25) is 10.0 Å².